The number of rotatable bonds is 7. The number of ether oxygens (including phenoxy) is 1. The number of methoxy groups -OCH3 is 1. The first-order valence-corrected chi connectivity index (χ1v) is 13.4. The summed E-state index contributed by atoms with van der Waals surface area (Å²) in [6.07, 6.45) is 10.0. The van der Waals surface area contributed by atoms with Gasteiger partial charge in [-0.3, -0.25) is 4.79 Å². The Morgan fingerprint density at radius 3 is 2.59 bits per heavy atom. The highest BCUT2D eigenvalue weighted by Gasteiger charge is 2.36. The summed E-state index contributed by atoms with van der Waals surface area (Å²) < 4.78 is 39.0. The molecule has 1 N–H and O–H groups in total. The SMILES string of the molecule is COc1cccc(/C=C/c2onc(C)c2S(=O)(=O)N2CCC(C(=O)NC3CCCCC3)CC2)c1. The van der Waals surface area contributed by atoms with Crippen LogP contribution in [0.4, 0.5) is 0 Å². The number of aryl methyl sites for hydroxylation is 1. The molecule has 1 saturated heterocycles. The van der Waals surface area contributed by atoms with E-state index in [0.29, 0.717) is 37.4 Å². The number of amides is 1. The molecule has 0 atom stereocenters. The van der Waals surface area contributed by atoms with Gasteiger partial charge in [-0.1, -0.05) is 42.6 Å². The normalized spacial score (nSPS) is 18.9. The van der Waals surface area contributed by atoms with Crippen molar-refractivity contribution in [2.45, 2.75) is 62.8 Å². The smallest absolute Gasteiger partial charge is 0.248 e. The van der Waals surface area contributed by atoms with Crippen LogP contribution in [-0.4, -0.2) is 50.0 Å². The largest absolute Gasteiger partial charge is 0.497 e. The van der Waals surface area contributed by atoms with Crippen LogP contribution in [0, 0.1) is 12.8 Å². The molecule has 9 heteroatoms. The molecule has 8 nitrogen and oxygen atoms in total. The van der Waals surface area contributed by atoms with Crippen molar-refractivity contribution < 1.29 is 22.5 Å². The van der Waals surface area contributed by atoms with Crippen LogP contribution < -0.4 is 10.1 Å². The van der Waals surface area contributed by atoms with Crippen LogP contribution in [0.25, 0.3) is 12.2 Å². The highest BCUT2D eigenvalue weighted by atomic mass is 32.2. The summed E-state index contributed by atoms with van der Waals surface area (Å²) in [7, 11) is -2.21. The number of carbonyl (C=O) groups excluding carboxylic acids is 1. The molecule has 2 fully saturated rings. The lowest BCUT2D eigenvalue weighted by Gasteiger charge is -2.32. The Labute approximate surface area is 201 Å². The molecule has 184 valence electrons. The molecular formula is C25H33N3O5S. The molecule has 1 aromatic carbocycles. The number of hydrogen-bond acceptors (Lipinski definition) is 6. The van der Waals surface area contributed by atoms with Crippen molar-refractivity contribution in [3.63, 3.8) is 0 Å². The predicted octanol–water partition coefficient (Wildman–Crippen LogP) is 4.01. The number of piperidine rings is 1. The maximum absolute atomic E-state index is 13.5. The molecule has 1 aliphatic heterocycles. The van der Waals surface area contributed by atoms with Crippen molar-refractivity contribution in [3.8, 4) is 5.75 Å². The summed E-state index contributed by atoms with van der Waals surface area (Å²) >= 11 is 0. The predicted molar refractivity (Wildman–Crippen MR) is 130 cm³/mol. The molecule has 0 bridgehead atoms. The molecule has 1 aromatic heterocycles. The van der Waals surface area contributed by atoms with Gasteiger partial charge in [0.1, 0.15) is 11.4 Å². The van der Waals surface area contributed by atoms with Gasteiger partial charge in [-0.05, 0) is 56.4 Å². The van der Waals surface area contributed by atoms with Crippen molar-refractivity contribution in [3.05, 3.63) is 41.3 Å². The minimum absolute atomic E-state index is 0.0621. The molecule has 0 radical (unpaired) electrons. The van der Waals surface area contributed by atoms with E-state index in [-0.39, 0.29) is 28.5 Å². The van der Waals surface area contributed by atoms with Gasteiger partial charge < -0.3 is 14.6 Å². The zero-order chi connectivity index (χ0) is 24.1. The van der Waals surface area contributed by atoms with E-state index in [1.54, 1.807) is 26.2 Å². The standard InChI is InChI=1S/C25H33N3O5S/c1-18-24(23(33-27-18)12-11-19-7-6-10-22(17-19)32-2)34(30,31)28-15-13-20(14-16-28)25(29)26-21-8-4-3-5-9-21/h6-7,10-12,17,20-21H,3-5,8-9,13-16H2,1-2H3,(H,26,29)/b12-11+. The molecule has 1 saturated carbocycles. The van der Waals surface area contributed by atoms with Crippen molar-refractivity contribution in [2.24, 2.45) is 5.92 Å². The topological polar surface area (TPSA) is 102 Å². The zero-order valence-corrected chi connectivity index (χ0v) is 20.6. The Hall–Kier alpha value is -2.65. The van der Waals surface area contributed by atoms with E-state index < -0.39 is 10.0 Å². The average Bonchev–Trinajstić information content (AvgIpc) is 3.24. The third-order valence-corrected chi connectivity index (χ3v) is 8.79. The second-order valence-electron chi connectivity index (χ2n) is 9.09. The summed E-state index contributed by atoms with van der Waals surface area (Å²) in [5.41, 5.74) is 1.17. The van der Waals surface area contributed by atoms with Crippen LogP contribution in [-0.2, 0) is 14.8 Å². The Bertz CT molecular complexity index is 1130. The lowest BCUT2D eigenvalue weighted by Crippen LogP contribution is -2.45. The van der Waals surface area contributed by atoms with Gasteiger partial charge in [0.05, 0.1) is 7.11 Å². The minimum Gasteiger partial charge on any atom is -0.497 e. The summed E-state index contributed by atoms with van der Waals surface area (Å²) in [6, 6.07) is 7.69. The third-order valence-electron chi connectivity index (χ3n) is 6.73. The summed E-state index contributed by atoms with van der Waals surface area (Å²) in [5, 5.41) is 7.09. The van der Waals surface area contributed by atoms with E-state index in [9.17, 15) is 13.2 Å². The molecule has 0 unspecified atom stereocenters. The first-order chi connectivity index (χ1) is 16.4. The molecule has 2 aromatic rings. The molecule has 34 heavy (non-hydrogen) atoms. The summed E-state index contributed by atoms with van der Waals surface area (Å²) in [5.74, 6) is 0.813. The Kier molecular flexibility index (Phi) is 7.73. The first kappa shape index (κ1) is 24.5. The lowest BCUT2D eigenvalue weighted by atomic mass is 9.93. The quantitative estimate of drug-likeness (QED) is 0.633. The number of benzene rings is 1. The molecule has 2 aliphatic rings. The molecule has 4 rings (SSSR count). The molecular weight excluding hydrogens is 454 g/mol. The number of carbonyl (C=O) groups is 1. The van der Waals surface area contributed by atoms with E-state index in [1.165, 1.54) is 10.7 Å². The van der Waals surface area contributed by atoms with Gasteiger partial charge in [0.2, 0.25) is 15.9 Å². The first-order valence-electron chi connectivity index (χ1n) is 12.0. The second-order valence-corrected chi connectivity index (χ2v) is 11.0. The number of nitrogens with zero attached hydrogens (tertiary/aromatic N) is 2. The number of sulfonamides is 1. The van der Waals surface area contributed by atoms with Crippen molar-refractivity contribution >= 4 is 28.1 Å². The van der Waals surface area contributed by atoms with Crippen LogP contribution in [0.5, 0.6) is 5.75 Å². The third kappa shape index (κ3) is 5.52. The maximum Gasteiger partial charge on any atom is 0.248 e. The summed E-state index contributed by atoms with van der Waals surface area (Å²) in [4.78, 5) is 12.8. The van der Waals surface area contributed by atoms with E-state index in [1.807, 2.05) is 24.3 Å². The van der Waals surface area contributed by atoms with Gasteiger partial charge in [-0.15, -0.1) is 0 Å². The van der Waals surface area contributed by atoms with Crippen LogP contribution >= 0.6 is 0 Å². The summed E-state index contributed by atoms with van der Waals surface area (Å²) in [6.45, 7) is 2.23. The van der Waals surface area contributed by atoms with E-state index >= 15 is 0 Å². The minimum atomic E-state index is -3.80. The fourth-order valence-electron chi connectivity index (χ4n) is 4.77. The van der Waals surface area contributed by atoms with Gasteiger partial charge in [0.25, 0.3) is 0 Å². The molecule has 0 spiro atoms. The molecule has 2 heterocycles. The van der Waals surface area contributed by atoms with Crippen LogP contribution in [0.15, 0.2) is 33.7 Å². The second kappa shape index (κ2) is 10.7. The zero-order valence-electron chi connectivity index (χ0n) is 19.8. The van der Waals surface area contributed by atoms with Gasteiger partial charge in [-0.25, -0.2) is 8.42 Å². The van der Waals surface area contributed by atoms with E-state index in [0.717, 1.165) is 31.2 Å². The van der Waals surface area contributed by atoms with Crippen molar-refractivity contribution in [2.75, 3.05) is 20.2 Å². The number of hydrogen-bond donors (Lipinski definition) is 1. The number of nitrogens with one attached hydrogen (secondary N) is 1. The molecule has 1 amide bonds. The Morgan fingerprint density at radius 1 is 1.15 bits per heavy atom. The van der Waals surface area contributed by atoms with Crippen molar-refractivity contribution in [1.82, 2.24) is 14.8 Å². The van der Waals surface area contributed by atoms with E-state index in [2.05, 4.69) is 10.5 Å². The number of aromatic nitrogens is 1. The lowest BCUT2D eigenvalue weighted by molar-refractivity contribution is -0.127. The monoisotopic (exact) mass is 487 g/mol. The van der Waals surface area contributed by atoms with Crippen molar-refractivity contribution in [1.29, 1.82) is 0 Å². The molecule has 1 aliphatic carbocycles. The average molecular weight is 488 g/mol. The Morgan fingerprint density at radius 2 is 1.88 bits per heavy atom. The fraction of sp³-hybridized carbons (Fsp3) is 0.520. The Balaban J connectivity index is 1.43. The van der Waals surface area contributed by atoms with Crippen LogP contribution in [0.1, 0.15) is 62.0 Å². The van der Waals surface area contributed by atoms with Gasteiger partial charge >= 0.3 is 0 Å². The highest BCUT2D eigenvalue weighted by molar-refractivity contribution is 7.89. The van der Waals surface area contributed by atoms with E-state index in [4.69, 9.17) is 9.26 Å². The maximum atomic E-state index is 13.5. The van der Waals surface area contributed by atoms with Gasteiger partial charge in [0, 0.05) is 25.0 Å². The van der Waals surface area contributed by atoms with Crippen LogP contribution in [0.3, 0.4) is 0 Å². The van der Waals surface area contributed by atoms with Gasteiger partial charge in [-0.2, -0.15) is 4.31 Å². The fourth-order valence-corrected chi connectivity index (χ4v) is 6.49. The highest BCUT2D eigenvalue weighted by Crippen LogP contribution is 2.30. The van der Waals surface area contributed by atoms with Gasteiger partial charge in [0.15, 0.2) is 10.7 Å². The van der Waals surface area contributed by atoms with Crippen LogP contribution in [0.2, 0.25) is 0 Å².